The van der Waals surface area contributed by atoms with E-state index >= 15 is 0 Å². The number of likely N-dealkylation sites (N-methyl/N-ethyl adjacent to an activating group) is 1. The first kappa shape index (κ1) is 62.5. The molecule has 1 amide bonds. The lowest BCUT2D eigenvalue weighted by atomic mass is 10.0. The summed E-state index contributed by atoms with van der Waals surface area (Å²) in [5.41, 5.74) is 0. The predicted molar refractivity (Wildman–Crippen MR) is 277 cm³/mol. The van der Waals surface area contributed by atoms with Crippen molar-refractivity contribution in [2.24, 2.45) is 0 Å². The van der Waals surface area contributed by atoms with Crippen molar-refractivity contribution in [2.75, 3.05) is 40.9 Å². The van der Waals surface area contributed by atoms with E-state index in [9.17, 15) is 19.4 Å². The van der Waals surface area contributed by atoms with Crippen molar-refractivity contribution in [1.29, 1.82) is 0 Å². The zero-order valence-electron chi connectivity index (χ0n) is 42.8. The number of nitrogens with zero attached hydrogens (tertiary/aromatic N) is 1. The molecule has 9 heteroatoms. The van der Waals surface area contributed by atoms with Crippen LogP contribution in [0.2, 0.25) is 0 Å². The van der Waals surface area contributed by atoms with E-state index in [0.717, 1.165) is 57.8 Å². The Morgan fingerprint density at radius 3 is 1.25 bits per heavy atom. The number of nitrogens with one attached hydrogen (secondary N) is 1. The molecule has 3 unspecified atom stereocenters. The highest BCUT2D eigenvalue weighted by atomic mass is 31.2. The molecule has 0 aliphatic heterocycles. The van der Waals surface area contributed by atoms with Gasteiger partial charge >= 0.3 is 7.82 Å². The van der Waals surface area contributed by atoms with Gasteiger partial charge in [0.1, 0.15) is 13.2 Å². The van der Waals surface area contributed by atoms with Crippen LogP contribution in [0, 0.1) is 0 Å². The van der Waals surface area contributed by atoms with Crippen LogP contribution in [-0.4, -0.2) is 73.4 Å². The van der Waals surface area contributed by atoms with Crippen LogP contribution in [0.3, 0.4) is 0 Å². The molecule has 0 saturated heterocycles. The molecule has 0 aromatic heterocycles. The van der Waals surface area contributed by atoms with E-state index in [-0.39, 0.29) is 19.1 Å². The summed E-state index contributed by atoms with van der Waals surface area (Å²) in [5, 5.41) is 13.9. The van der Waals surface area contributed by atoms with Gasteiger partial charge in [0.2, 0.25) is 5.91 Å². The molecule has 3 atom stereocenters. The van der Waals surface area contributed by atoms with Crippen molar-refractivity contribution >= 4 is 13.7 Å². The maximum absolute atomic E-state index is 12.9. The molecule has 0 heterocycles. The third-order valence-electron chi connectivity index (χ3n) is 12.0. The Bertz CT molecular complexity index is 1180. The quantitative estimate of drug-likeness (QED) is 0.0243. The number of phosphoric acid groups is 1. The Morgan fingerprint density at radius 2 is 0.859 bits per heavy atom. The van der Waals surface area contributed by atoms with Gasteiger partial charge in [0, 0.05) is 6.42 Å². The average molecular weight is 922 g/mol. The minimum atomic E-state index is -4.36. The van der Waals surface area contributed by atoms with Gasteiger partial charge in [-0.25, -0.2) is 4.57 Å². The highest BCUT2D eigenvalue weighted by molar-refractivity contribution is 7.47. The van der Waals surface area contributed by atoms with E-state index in [1.807, 2.05) is 27.2 Å². The van der Waals surface area contributed by atoms with Gasteiger partial charge in [0.05, 0.1) is 39.9 Å². The number of phosphoric ester groups is 1. The SMILES string of the molecule is CCCCCCC/C=C\CCCCCCCC(=O)NC(COP(=O)(O)OCC[N+](C)(C)C)C(O)/C=C/CC/C=C/CC/C=C/CCCCCCCCCCCCCCCCCCCC. The number of rotatable bonds is 49. The molecule has 0 rings (SSSR count). The Kier molecular flexibility index (Phi) is 45.4. The second kappa shape index (κ2) is 46.6. The standard InChI is InChI=1S/C55H105N2O6P/c1-6-8-10-12-14-16-18-20-22-23-24-25-26-27-28-29-30-31-32-33-34-35-36-38-40-42-44-46-48-54(58)53(52-63-64(60,61)62-51-50-57(3,4)5)56-55(59)49-47-45-43-41-39-37-21-19-17-15-13-11-9-7-2/h19,21,33-34,38,40,46,48,53-54,58H,6-18,20,22-32,35-37,39,41-45,47,49-52H2,1-5H3,(H-,56,59,60,61)/p+1/b21-19-,34-33+,40-38+,48-46+. The van der Waals surface area contributed by atoms with Gasteiger partial charge in [-0.2, -0.15) is 0 Å². The zero-order valence-corrected chi connectivity index (χ0v) is 43.7. The third kappa shape index (κ3) is 48.4. The second-order valence-corrected chi connectivity index (χ2v) is 21.0. The largest absolute Gasteiger partial charge is 0.472 e. The highest BCUT2D eigenvalue weighted by Crippen LogP contribution is 2.43. The number of carbonyl (C=O) groups is 1. The molecule has 0 aliphatic carbocycles. The molecule has 0 aromatic rings. The normalized spacial score (nSPS) is 14.4. The molecular formula is C55H106N2O6P+. The summed E-state index contributed by atoms with van der Waals surface area (Å²) >= 11 is 0. The molecular weight excluding hydrogens is 816 g/mol. The van der Waals surface area contributed by atoms with E-state index in [1.165, 1.54) is 167 Å². The molecule has 0 bridgehead atoms. The number of aliphatic hydroxyl groups is 1. The van der Waals surface area contributed by atoms with Crippen molar-refractivity contribution in [2.45, 2.75) is 257 Å². The molecule has 8 nitrogen and oxygen atoms in total. The number of hydrogen-bond acceptors (Lipinski definition) is 5. The van der Waals surface area contributed by atoms with Gasteiger partial charge in [0.15, 0.2) is 0 Å². The molecule has 0 spiro atoms. The summed E-state index contributed by atoms with van der Waals surface area (Å²) in [6.07, 6.45) is 60.8. The third-order valence-corrected chi connectivity index (χ3v) is 13.0. The van der Waals surface area contributed by atoms with Gasteiger partial charge in [-0.05, 0) is 70.6 Å². The Balaban J connectivity index is 4.28. The molecule has 0 radical (unpaired) electrons. The molecule has 64 heavy (non-hydrogen) atoms. The van der Waals surface area contributed by atoms with Crippen LogP contribution in [0.15, 0.2) is 48.6 Å². The van der Waals surface area contributed by atoms with E-state index in [4.69, 9.17) is 9.05 Å². The van der Waals surface area contributed by atoms with Gasteiger partial charge in [-0.15, -0.1) is 0 Å². The average Bonchev–Trinajstić information content (AvgIpc) is 3.25. The topological polar surface area (TPSA) is 105 Å². The monoisotopic (exact) mass is 922 g/mol. The number of quaternary nitrogens is 1. The van der Waals surface area contributed by atoms with Crippen LogP contribution >= 0.6 is 7.82 Å². The summed E-state index contributed by atoms with van der Waals surface area (Å²) in [6, 6.07) is -0.874. The molecule has 376 valence electrons. The summed E-state index contributed by atoms with van der Waals surface area (Å²) in [4.78, 5) is 23.2. The summed E-state index contributed by atoms with van der Waals surface area (Å²) in [6.45, 7) is 4.78. The lowest BCUT2D eigenvalue weighted by Crippen LogP contribution is -2.45. The predicted octanol–water partition coefficient (Wildman–Crippen LogP) is 16.0. The van der Waals surface area contributed by atoms with Crippen molar-refractivity contribution in [3.63, 3.8) is 0 Å². The van der Waals surface area contributed by atoms with Crippen LogP contribution in [-0.2, 0) is 18.4 Å². The van der Waals surface area contributed by atoms with E-state index in [1.54, 1.807) is 6.08 Å². The Hall–Kier alpha value is -1.54. The van der Waals surface area contributed by atoms with E-state index < -0.39 is 20.0 Å². The number of unbranched alkanes of at least 4 members (excludes halogenated alkanes) is 30. The van der Waals surface area contributed by atoms with Crippen LogP contribution < -0.4 is 5.32 Å². The second-order valence-electron chi connectivity index (χ2n) is 19.6. The van der Waals surface area contributed by atoms with Crippen molar-refractivity contribution < 1.29 is 32.9 Å². The first-order valence-electron chi connectivity index (χ1n) is 27.0. The first-order chi connectivity index (χ1) is 31.0. The van der Waals surface area contributed by atoms with Crippen LogP contribution in [0.4, 0.5) is 0 Å². The maximum atomic E-state index is 12.9. The van der Waals surface area contributed by atoms with Crippen LogP contribution in [0.25, 0.3) is 0 Å². The summed E-state index contributed by atoms with van der Waals surface area (Å²) in [7, 11) is 1.54. The zero-order chi connectivity index (χ0) is 47.1. The highest BCUT2D eigenvalue weighted by Gasteiger charge is 2.27. The van der Waals surface area contributed by atoms with Gasteiger partial charge in [0.25, 0.3) is 0 Å². The molecule has 3 N–H and O–H groups in total. The van der Waals surface area contributed by atoms with Crippen LogP contribution in [0.5, 0.6) is 0 Å². The van der Waals surface area contributed by atoms with Gasteiger partial charge < -0.3 is 19.8 Å². The van der Waals surface area contributed by atoms with Gasteiger partial charge in [-0.3, -0.25) is 13.8 Å². The number of hydrogen-bond donors (Lipinski definition) is 3. The van der Waals surface area contributed by atoms with E-state index in [2.05, 4.69) is 55.6 Å². The fraction of sp³-hybridized carbons (Fsp3) is 0.836. The van der Waals surface area contributed by atoms with Crippen molar-refractivity contribution in [1.82, 2.24) is 5.32 Å². The fourth-order valence-corrected chi connectivity index (χ4v) is 8.45. The fourth-order valence-electron chi connectivity index (χ4n) is 7.72. The molecule has 0 fully saturated rings. The smallest absolute Gasteiger partial charge is 0.387 e. The molecule has 0 saturated carbocycles. The first-order valence-corrected chi connectivity index (χ1v) is 28.5. The number of carbonyl (C=O) groups excluding carboxylic acids is 1. The van der Waals surface area contributed by atoms with Crippen molar-refractivity contribution in [3.8, 4) is 0 Å². The van der Waals surface area contributed by atoms with Gasteiger partial charge in [-0.1, -0.05) is 217 Å². The summed E-state index contributed by atoms with van der Waals surface area (Å²) in [5.74, 6) is -0.200. The maximum Gasteiger partial charge on any atom is 0.472 e. The van der Waals surface area contributed by atoms with Crippen LogP contribution in [0.1, 0.15) is 245 Å². The number of aliphatic hydroxyl groups excluding tert-OH is 1. The minimum Gasteiger partial charge on any atom is -0.387 e. The Labute approximate surface area is 397 Å². The number of allylic oxidation sites excluding steroid dienone is 7. The lowest BCUT2D eigenvalue weighted by molar-refractivity contribution is -0.870. The molecule has 0 aromatic carbocycles. The lowest BCUT2D eigenvalue weighted by Gasteiger charge is -2.25. The van der Waals surface area contributed by atoms with Crippen molar-refractivity contribution in [3.05, 3.63) is 48.6 Å². The number of amides is 1. The molecule has 0 aliphatic rings. The Morgan fingerprint density at radius 1 is 0.516 bits per heavy atom. The van der Waals surface area contributed by atoms with E-state index in [0.29, 0.717) is 17.4 Å². The summed E-state index contributed by atoms with van der Waals surface area (Å²) < 4.78 is 23.6. The minimum absolute atomic E-state index is 0.0512.